The van der Waals surface area contributed by atoms with E-state index in [0.29, 0.717) is 22.6 Å². The van der Waals surface area contributed by atoms with E-state index in [2.05, 4.69) is 25.7 Å². The van der Waals surface area contributed by atoms with E-state index in [1.165, 1.54) is 25.6 Å². The fourth-order valence-corrected chi connectivity index (χ4v) is 4.28. The molecule has 1 heterocycles. The Hall–Kier alpha value is -4.57. The van der Waals surface area contributed by atoms with Crippen LogP contribution in [0.3, 0.4) is 0 Å². The summed E-state index contributed by atoms with van der Waals surface area (Å²) < 4.78 is 55.4. The molecule has 1 aromatic heterocycles. The number of carbonyl (C=O) groups is 1. The van der Waals surface area contributed by atoms with Gasteiger partial charge in [-0.2, -0.15) is 0 Å². The molecule has 0 amide bonds. The van der Waals surface area contributed by atoms with Gasteiger partial charge in [0.2, 0.25) is 5.78 Å². The molecule has 0 aliphatic carbocycles. The van der Waals surface area contributed by atoms with Gasteiger partial charge >= 0.3 is 6.36 Å². The number of alkyl halides is 3. The minimum atomic E-state index is -4.80. The lowest BCUT2D eigenvalue weighted by Gasteiger charge is -2.14. The van der Waals surface area contributed by atoms with Gasteiger partial charge in [0.1, 0.15) is 29.3 Å². The fraction of sp³-hybridized carbons (Fsp3) is 0.0968. The highest BCUT2D eigenvalue weighted by Crippen LogP contribution is 2.34. The Balaban J connectivity index is 0.000000367. The van der Waals surface area contributed by atoms with Crippen LogP contribution in [-0.4, -0.2) is 35.9 Å². The van der Waals surface area contributed by atoms with E-state index in [-0.39, 0.29) is 22.8 Å². The van der Waals surface area contributed by atoms with Crippen LogP contribution in [0.25, 0.3) is 16.8 Å². The van der Waals surface area contributed by atoms with Crippen LogP contribution in [0.15, 0.2) is 114 Å². The lowest BCUT2D eigenvalue weighted by atomic mass is 10.0. The third kappa shape index (κ3) is 7.76. The van der Waals surface area contributed by atoms with Crippen molar-refractivity contribution in [1.82, 2.24) is 9.55 Å². The highest BCUT2D eigenvalue weighted by atomic mass is 79.9. The molecule has 0 saturated carbocycles. The number of ether oxygens (including phenoxy) is 3. The predicted octanol–water partition coefficient (Wildman–Crippen LogP) is 8.14. The van der Waals surface area contributed by atoms with E-state index < -0.39 is 6.36 Å². The van der Waals surface area contributed by atoms with Crippen molar-refractivity contribution in [3.63, 3.8) is 0 Å². The molecule has 6 nitrogen and oxygen atoms in total. The average Bonchev–Trinajstić information content (AvgIpc) is 3.47. The molecule has 0 aliphatic rings. The number of ketones is 1. The Kier molecular flexibility index (Phi) is 9.46. The van der Waals surface area contributed by atoms with Gasteiger partial charge in [0.25, 0.3) is 0 Å². The van der Waals surface area contributed by atoms with E-state index in [9.17, 15) is 18.0 Å². The van der Waals surface area contributed by atoms with Crippen molar-refractivity contribution in [3.8, 4) is 34.1 Å². The Labute approximate surface area is 243 Å². The summed E-state index contributed by atoms with van der Waals surface area (Å²) in [5, 5.41) is 0. The number of para-hydroxylation sites is 2. The van der Waals surface area contributed by atoms with E-state index in [0.717, 1.165) is 10.2 Å². The van der Waals surface area contributed by atoms with Crippen molar-refractivity contribution in [2.24, 2.45) is 0 Å². The standard InChI is InChI=1S/C24H17F3N2O3.C7H7BrO/c1-31-21-11-4-3-10-19(21)23(30)20-14-29(15-28-20)17-8-6-7-16(13-17)18-9-2-5-12-22(18)32-24(25,26)27;1-9-7-4-2-3-6(8)5-7/h2-15H,1H3;2-5H,1H3. The van der Waals surface area contributed by atoms with Crippen LogP contribution in [0.5, 0.6) is 17.2 Å². The molecule has 4 aromatic carbocycles. The summed E-state index contributed by atoms with van der Waals surface area (Å²) in [5.41, 5.74) is 2.02. The van der Waals surface area contributed by atoms with Gasteiger partial charge in [0, 0.05) is 21.9 Å². The first-order chi connectivity index (χ1) is 19.7. The molecule has 5 aromatic rings. The molecule has 5 rings (SSSR count). The van der Waals surface area contributed by atoms with Crippen LogP contribution >= 0.6 is 15.9 Å². The zero-order valence-electron chi connectivity index (χ0n) is 21.9. The third-order valence-electron chi connectivity index (χ3n) is 5.77. The molecule has 0 atom stereocenters. The number of halogens is 4. The maximum Gasteiger partial charge on any atom is 0.573 e. The first kappa shape index (κ1) is 29.4. The van der Waals surface area contributed by atoms with Crippen LogP contribution in [0.2, 0.25) is 0 Å². The Morgan fingerprint density at radius 2 is 1.54 bits per heavy atom. The summed E-state index contributed by atoms with van der Waals surface area (Å²) in [6.07, 6.45) is -1.77. The van der Waals surface area contributed by atoms with Crippen LogP contribution in [0.1, 0.15) is 16.1 Å². The number of hydrogen-bond acceptors (Lipinski definition) is 5. The van der Waals surface area contributed by atoms with Gasteiger partial charge in [-0.3, -0.25) is 4.79 Å². The van der Waals surface area contributed by atoms with Crippen molar-refractivity contribution in [2.75, 3.05) is 14.2 Å². The normalized spacial score (nSPS) is 10.8. The van der Waals surface area contributed by atoms with Gasteiger partial charge in [-0.05, 0) is 54.1 Å². The zero-order chi connectivity index (χ0) is 29.4. The predicted molar refractivity (Wildman–Crippen MR) is 153 cm³/mol. The largest absolute Gasteiger partial charge is 0.573 e. The summed E-state index contributed by atoms with van der Waals surface area (Å²) in [6, 6.07) is 27.3. The van der Waals surface area contributed by atoms with E-state index in [4.69, 9.17) is 9.47 Å². The molecule has 10 heteroatoms. The van der Waals surface area contributed by atoms with Gasteiger partial charge in [0.05, 0.1) is 19.8 Å². The SMILES string of the molecule is COc1cccc(Br)c1.COc1ccccc1C(=O)c1cn(-c2cccc(-c3ccccc3OC(F)(F)F)c2)cn1. The second kappa shape index (κ2) is 13.2. The van der Waals surface area contributed by atoms with Crippen LogP contribution < -0.4 is 14.2 Å². The Bertz CT molecular complexity index is 1640. The molecule has 41 heavy (non-hydrogen) atoms. The maximum absolute atomic E-state index is 12.9. The zero-order valence-corrected chi connectivity index (χ0v) is 23.5. The molecule has 0 fully saturated rings. The van der Waals surface area contributed by atoms with Crippen molar-refractivity contribution < 1.29 is 32.2 Å². The van der Waals surface area contributed by atoms with E-state index in [1.54, 1.807) is 78.5 Å². The number of nitrogens with zero attached hydrogens (tertiary/aromatic N) is 2. The molecule has 210 valence electrons. The lowest BCUT2D eigenvalue weighted by molar-refractivity contribution is -0.274. The highest BCUT2D eigenvalue weighted by Gasteiger charge is 2.32. The van der Waals surface area contributed by atoms with Crippen molar-refractivity contribution >= 4 is 21.7 Å². The summed E-state index contributed by atoms with van der Waals surface area (Å²) in [6.45, 7) is 0. The molecule has 0 saturated heterocycles. The van der Waals surface area contributed by atoms with Crippen molar-refractivity contribution in [2.45, 2.75) is 6.36 Å². The summed E-state index contributed by atoms with van der Waals surface area (Å²) in [4.78, 5) is 17.1. The number of imidazole rings is 1. The third-order valence-corrected chi connectivity index (χ3v) is 6.26. The smallest absolute Gasteiger partial charge is 0.497 e. The first-order valence-corrected chi connectivity index (χ1v) is 12.9. The molecule has 0 unspecified atom stereocenters. The minimum Gasteiger partial charge on any atom is -0.497 e. The molecule has 0 bridgehead atoms. The van der Waals surface area contributed by atoms with E-state index >= 15 is 0 Å². The summed E-state index contributed by atoms with van der Waals surface area (Å²) in [7, 11) is 3.14. The van der Waals surface area contributed by atoms with Crippen molar-refractivity contribution in [3.05, 3.63) is 125 Å². The van der Waals surface area contributed by atoms with Crippen molar-refractivity contribution in [1.29, 1.82) is 0 Å². The topological polar surface area (TPSA) is 62.6 Å². The number of methoxy groups -OCH3 is 2. The number of hydrogen-bond donors (Lipinski definition) is 0. The number of carbonyl (C=O) groups excluding carboxylic acids is 1. The quantitative estimate of drug-likeness (QED) is 0.171. The second-order valence-corrected chi connectivity index (χ2v) is 9.37. The van der Waals surface area contributed by atoms with Crippen LogP contribution in [0.4, 0.5) is 13.2 Å². The fourth-order valence-electron chi connectivity index (χ4n) is 3.90. The van der Waals surface area contributed by atoms with Crippen LogP contribution in [-0.2, 0) is 0 Å². The maximum atomic E-state index is 12.9. The average molecular weight is 625 g/mol. The lowest BCUT2D eigenvalue weighted by Crippen LogP contribution is -2.17. The Morgan fingerprint density at radius 3 is 2.22 bits per heavy atom. The van der Waals surface area contributed by atoms with E-state index in [1.807, 2.05) is 24.3 Å². The second-order valence-electron chi connectivity index (χ2n) is 8.45. The molecular formula is C31H24BrF3N2O4. The van der Waals surface area contributed by atoms with Gasteiger partial charge in [-0.15, -0.1) is 13.2 Å². The number of aromatic nitrogens is 2. The van der Waals surface area contributed by atoms with Gasteiger partial charge in [-0.1, -0.05) is 64.5 Å². The van der Waals surface area contributed by atoms with Gasteiger partial charge in [0.15, 0.2) is 0 Å². The molecular weight excluding hydrogens is 601 g/mol. The molecule has 0 aliphatic heterocycles. The summed E-state index contributed by atoms with van der Waals surface area (Å²) >= 11 is 3.32. The molecule has 0 spiro atoms. The Morgan fingerprint density at radius 1 is 0.829 bits per heavy atom. The van der Waals surface area contributed by atoms with Gasteiger partial charge in [-0.25, -0.2) is 4.98 Å². The molecule has 0 radical (unpaired) electrons. The number of benzene rings is 4. The number of rotatable bonds is 7. The summed E-state index contributed by atoms with van der Waals surface area (Å²) in [5.74, 6) is 0.718. The monoisotopic (exact) mass is 624 g/mol. The van der Waals surface area contributed by atoms with Crippen LogP contribution in [0, 0.1) is 0 Å². The minimum absolute atomic E-state index is 0.209. The first-order valence-electron chi connectivity index (χ1n) is 12.2. The highest BCUT2D eigenvalue weighted by molar-refractivity contribution is 9.10. The van der Waals surface area contributed by atoms with Gasteiger partial charge < -0.3 is 18.8 Å². The molecule has 0 N–H and O–H groups in total.